The van der Waals surface area contributed by atoms with E-state index in [0.29, 0.717) is 24.0 Å². The summed E-state index contributed by atoms with van der Waals surface area (Å²) in [5.74, 6) is -1.29. The van der Waals surface area contributed by atoms with Crippen molar-refractivity contribution >= 4 is 11.9 Å². The van der Waals surface area contributed by atoms with E-state index in [1.165, 1.54) is 0 Å². The number of allylic oxidation sites excluding steroid dienone is 2. The predicted octanol–water partition coefficient (Wildman–Crippen LogP) is 4.76. The standard InChI is InChI=1S/C22H22O3/c1-5-7-17-13-15(3)9-11-19(17)21(23)25-22(24)20-12-10-16(4)14-18(20)8-6-2/h5-6,9-14H,1-2,7-8H2,3-4H3. The van der Waals surface area contributed by atoms with Crippen molar-refractivity contribution in [3.8, 4) is 0 Å². The largest absolute Gasteiger partial charge is 0.386 e. The van der Waals surface area contributed by atoms with Crippen molar-refractivity contribution in [2.24, 2.45) is 0 Å². The zero-order valence-electron chi connectivity index (χ0n) is 14.7. The van der Waals surface area contributed by atoms with Crippen LogP contribution in [0.2, 0.25) is 0 Å². The van der Waals surface area contributed by atoms with Crippen LogP contribution in [0.1, 0.15) is 43.0 Å². The molecule has 2 rings (SSSR count). The monoisotopic (exact) mass is 334 g/mol. The minimum Gasteiger partial charge on any atom is -0.386 e. The molecule has 0 saturated carbocycles. The fraction of sp³-hybridized carbons (Fsp3) is 0.182. The van der Waals surface area contributed by atoms with E-state index in [9.17, 15) is 9.59 Å². The maximum atomic E-state index is 12.5. The molecule has 0 heterocycles. The molecule has 0 aliphatic carbocycles. The van der Waals surface area contributed by atoms with Crippen molar-refractivity contribution in [1.82, 2.24) is 0 Å². The highest BCUT2D eigenvalue weighted by Crippen LogP contribution is 2.18. The van der Waals surface area contributed by atoms with Crippen molar-refractivity contribution in [1.29, 1.82) is 0 Å². The number of hydrogen-bond acceptors (Lipinski definition) is 3. The lowest BCUT2D eigenvalue weighted by Gasteiger charge is -2.11. The van der Waals surface area contributed by atoms with Gasteiger partial charge in [-0.05, 0) is 49.9 Å². The van der Waals surface area contributed by atoms with Gasteiger partial charge in [-0.2, -0.15) is 0 Å². The van der Waals surface area contributed by atoms with E-state index in [0.717, 1.165) is 22.3 Å². The van der Waals surface area contributed by atoms with Crippen molar-refractivity contribution < 1.29 is 14.3 Å². The molecule has 3 nitrogen and oxygen atoms in total. The van der Waals surface area contributed by atoms with Crippen LogP contribution in [0.3, 0.4) is 0 Å². The maximum absolute atomic E-state index is 12.5. The van der Waals surface area contributed by atoms with Crippen LogP contribution in [0.15, 0.2) is 61.7 Å². The highest BCUT2D eigenvalue weighted by atomic mass is 16.6. The molecule has 0 bridgehead atoms. The molecule has 3 heteroatoms. The number of aryl methyl sites for hydroxylation is 2. The third kappa shape index (κ3) is 4.54. The topological polar surface area (TPSA) is 43.4 Å². The summed E-state index contributed by atoms with van der Waals surface area (Å²) in [7, 11) is 0. The van der Waals surface area contributed by atoms with Crippen molar-refractivity contribution in [2.45, 2.75) is 26.7 Å². The third-order valence-electron chi connectivity index (χ3n) is 3.88. The molecule has 0 aromatic heterocycles. The minimum atomic E-state index is -0.646. The summed E-state index contributed by atoms with van der Waals surface area (Å²) < 4.78 is 5.13. The molecular formula is C22H22O3. The average Bonchev–Trinajstić information content (AvgIpc) is 2.55. The van der Waals surface area contributed by atoms with Crippen LogP contribution in [0.5, 0.6) is 0 Å². The fourth-order valence-corrected chi connectivity index (χ4v) is 2.69. The van der Waals surface area contributed by atoms with Crippen LogP contribution < -0.4 is 0 Å². The van der Waals surface area contributed by atoms with Crippen molar-refractivity contribution in [2.75, 3.05) is 0 Å². The van der Waals surface area contributed by atoms with Crippen LogP contribution in [-0.4, -0.2) is 11.9 Å². The summed E-state index contributed by atoms with van der Waals surface area (Å²) in [6.07, 6.45) is 4.50. The molecule has 0 atom stereocenters. The first-order valence-electron chi connectivity index (χ1n) is 8.13. The Balaban J connectivity index is 2.28. The Hall–Kier alpha value is -2.94. The Labute approximate surface area is 148 Å². The third-order valence-corrected chi connectivity index (χ3v) is 3.88. The molecule has 0 amide bonds. The number of hydrogen-bond donors (Lipinski definition) is 0. The second-order valence-electron chi connectivity index (χ2n) is 5.98. The van der Waals surface area contributed by atoms with E-state index in [1.54, 1.807) is 24.3 Å². The second kappa shape index (κ2) is 8.25. The van der Waals surface area contributed by atoms with Crippen LogP contribution >= 0.6 is 0 Å². The molecule has 0 aliphatic rings. The lowest BCUT2D eigenvalue weighted by atomic mass is 10.0. The summed E-state index contributed by atoms with van der Waals surface area (Å²) in [6.45, 7) is 11.3. The van der Waals surface area contributed by atoms with E-state index >= 15 is 0 Å². The lowest BCUT2D eigenvalue weighted by molar-refractivity contribution is 0.0396. The van der Waals surface area contributed by atoms with Crippen LogP contribution in [-0.2, 0) is 17.6 Å². The smallest absolute Gasteiger partial charge is 0.346 e. The fourth-order valence-electron chi connectivity index (χ4n) is 2.69. The first-order valence-corrected chi connectivity index (χ1v) is 8.13. The maximum Gasteiger partial charge on any atom is 0.346 e. The number of esters is 2. The SMILES string of the molecule is C=CCc1cc(C)ccc1C(=O)OC(=O)c1ccc(C)cc1CC=C. The van der Waals surface area contributed by atoms with Gasteiger partial charge in [0.1, 0.15) is 0 Å². The molecule has 0 fully saturated rings. The summed E-state index contributed by atoms with van der Waals surface area (Å²) in [4.78, 5) is 24.9. The Morgan fingerprint density at radius 1 is 0.840 bits per heavy atom. The van der Waals surface area contributed by atoms with Gasteiger partial charge in [0, 0.05) is 0 Å². The molecule has 0 unspecified atom stereocenters. The van der Waals surface area contributed by atoms with Gasteiger partial charge in [-0.1, -0.05) is 47.5 Å². The molecule has 128 valence electrons. The van der Waals surface area contributed by atoms with Gasteiger partial charge in [0.05, 0.1) is 11.1 Å². The molecule has 0 saturated heterocycles. The Morgan fingerprint density at radius 3 is 1.60 bits per heavy atom. The number of rotatable bonds is 6. The van der Waals surface area contributed by atoms with Gasteiger partial charge in [-0.3, -0.25) is 0 Å². The number of ether oxygens (including phenoxy) is 1. The molecule has 0 aliphatic heterocycles. The molecule has 2 aromatic rings. The number of carbonyl (C=O) groups excluding carboxylic acids is 2. The van der Waals surface area contributed by atoms with Gasteiger partial charge in [-0.25, -0.2) is 9.59 Å². The van der Waals surface area contributed by atoms with Gasteiger partial charge in [-0.15, -0.1) is 13.2 Å². The van der Waals surface area contributed by atoms with Gasteiger partial charge < -0.3 is 4.74 Å². The van der Waals surface area contributed by atoms with Crippen LogP contribution in [0.4, 0.5) is 0 Å². The lowest BCUT2D eigenvalue weighted by Crippen LogP contribution is -2.16. The molecule has 0 N–H and O–H groups in total. The summed E-state index contributed by atoms with van der Waals surface area (Å²) in [6, 6.07) is 10.8. The average molecular weight is 334 g/mol. The second-order valence-corrected chi connectivity index (χ2v) is 5.98. The molecule has 25 heavy (non-hydrogen) atoms. The quantitative estimate of drug-likeness (QED) is 0.435. The summed E-state index contributed by atoms with van der Waals surface area (Å²) >= 11 is 0. The van der Waals surface area contributed by atoms with Crippen molar-refractivity contribution in [3.63, 3.8) is 0 Å². The van der Waals surface area contributed by atoms with Crippen LogP contribution in [0.25, 0.3) is 0 Å². The Kier molecular flexibility index (Phi) is 6.07. The Morgan fingerprint density at radius 2 is 1.24 bits per heavy atom. The summed E-state index contributed by atoms with van der Waals surface area (Å²) in [5, 5.41) is 0. The first-order chi connectivity index (χ1) is 12.0. The highest BCUT2D eigenvalue weighted by Gasteiger charge is 2.19. The zero-order valence-corrected chi connectivity index (χ0v) is 14.7. The van der Waals surface area contributed by atoms with Gasteiger partial charge in [0.2, 0.25) is 0 Å². The number of carbonyl (C=O) groups is 2. The first kappa shape index (κ1) is 18.4. The van der Waals surface area contributed by atoms with E-state index in [1.807, 2.05) is 38.1 Å². The van der Waals surface area contributed by atoms with E-state index in [-0.39, 0.29) is 0 Å². The van der Waals surface area contributed by atoms with Crippen molar-refractivity contribution in [3.05, 3.63) is 95.1 Å². The normalized spacial score (nSPS) is 10.2. The van der Waals surface area contributed by atoms with E-state index in [2.05, 4.69) is 13.2 Å². The molecule has 0 radical (unpaired) electrons. The number of benzene rings is 2. The predicted molar refractivity (Wildman–Crippen MR) is 99.9 cm³/mol. The minimum absolute atomic E-state index is 0.385. The summed E-state index contributed by atoms with van der Waals surface area (Å²) in [5.41, 5.74) is 4.43. The van der Waals surface area contributed by atoms with Gasteiger partial charge >= 0.3 is 11.9 Å². The zero-order chi connectivity index (χ0) is 18.4. The Bertz CT molecular complexity index is 762. The molecule has 0 spiro atoms. The van der Waals surface area contributed by atoms with E-state index in [4.69, 9.17) is 4.74 Å². The van der Waals surface area contributed by atoms with E-state index < -0.39 is 11.9 Å². The van der Waals surface area contributed by atoms with Gasteiger partial charge in [0.15, 0.2) is 0 Å². The molecular weight excluding hydrogens is 312 g/mol. The van der Waals surface area contributed by atoms with Crippen LogP contribution in [0, 0.1) is 13.8 Å². The molecule has 2 aromatic carbocycles. The van der Waals surface area contributed by atoms with Gasteiger partial charge in [0.25, 0.3) is 0 Å². The highest BCUT2D eigenvalue weighted by molar-refractivity contribution is 6.04.